The first kappa shape index (κ1) is 23.6. The first-order valence-electron chi connectivity index (χ1n) is 10.4. The molecule has 3 heterocycles. The molecule has 172 valence electrons. The Hall–Kier alpha value is -3.07. The third-order valence-electron chi connectivity index (χ3n) is 5.81. The summed E-state index contributed by atoms with van der Waals surface area (Å²) in [6.07, 6.45) is -2.88. The fraction of sp³-hybridized carbons (Fsp3) is 0.571. The van der Waals surface area contributed by atoms with Crippen molar-refractivity contribution in [2.45, 2.75) is 58.0 Å². The van der Waals surface area contributed by atoms with Crippen molar-refractivity contribution in [1.29, 1.82) is 5.26 Å². The van der Waals surface area contributed by atoms with Crippen LogP contribution in [-0.4, -0.2) is 61.6 Å². The van der Waals surface area contributed by atoms with Crippen molar-refractivity contribution < 1.29 is 29.3 Å². The van der Waals surface area contributed by atoms with E-state index in [9.17, 15) is 25.1 Å². The Morgan fingerprint density at radius 1 is 1.38 bits per heavy atom. The molecule has 1 amide bonds. The minimum absolute atomic E-state index is 0.124. The van der Waals surface area contributed by atoms with Gasteiger partial charge in [-0.1, -0.05) is 27.7 Å². The molecule has 1 aliphatic rings. The van der Waals surface area contributed by atoms with Gasteiger partial charge < -0.3 is 25.0 Å². The Kier molecular flexibility index (Phi) is 6.78. The smallest absolute Gasteiger partial charge is 0.305 e. The predicted molar refractivity (Wildman–Crippen MR) is 111 cm³/mol. The van der Waals surface area contributed by atoms with E-state index in [2.05, 4.69) is 15.4 Å². The number of nitrogens with zero attached hydrogens (tertiary/aromatic N) is 4. The van der Waals surface area contributed by atoms with Crippen molar-refractivity contribution in [3.63, 3.8) is 0 Å². The molecule has 2 aromatic heterocycles. The van der Waals surface area contributed by atoms with Crippen LogP contribution in [0.25, 0.3) is 5.52 Å². The van der Waals surface area contributed by atoms with Crippen LogP contribution >= 0.6 is 0 Å². The molecular weight excluding hydrogens is 418 g/mol. The van der Waals surface area contributed by atoms with Crippen LogP contribution in [0.2, 0.25) is 0 Å². The second-order valence-electron chi connectivity index (χ2n) is 8.12. The fourth-order valence-electron chi connectivity index (χ4n) is 3.44. The van der Waals surface area contributed by atoms with Crippen LogP contribution < -0.4 is 5.32 Å². The number of carbonyl (C=O) groups excluding carboxylic acids is 2. The number of hydrogen-bond acceptors (Lipinski definition) is 9. The maximum atomic E-state index is 12.5. The molecule has 11 heteroatoms. The van der Waals surface area contributed by atoms with E-state index >= 15 is 0 Å². The number of nitrogens with one attached hydrogen (secondary N) is 1. The summed E-state index contributed by atoms with van der Waals surface area (Å²) in [7, 11) is 0. The number of nitriles is 1. The number of amides is 1. The van der Waals surface area contributed by atoms with Crippen molar-refractivity contribution in [2.75, 3.05) is 11.9 Å². The molecule has 3 N–H and O–H groups in total. The number of aliphatic hydroxyl groups excluding tert-OH is 2. The number of hydrogen-bond donors (Lipinski definition) is 3. The number of anilines is 1. The van der Waals surface area contributed by atoms with Gasteiger partial charge in [0.05, 0.1) is 5.69 Å². The number of fused-ring (bicyclic) bond motifs is 1. The van der Waals surface area contributed by atoms with Crippen molar-refractivity contribution >= 4 is 23.2 Å². The first-order chi connectivity index (χ1) is 15.2. The van der Waals surface area contributed by atoms with Gasteiger partial charge >= 0.3 is 5.97 Å². The lowest BCUT2D eigenvalue weighted by atomic mass is 9.92. The van der Waals surface area contributed by atoms with Crippen molar-refractivity contribution in [2.24, 2.45) is 11.8 Å². The Labute approximate surface area is 185 Å². The molecule has 5 atom stereocenters. The molecule has 32 heavy (non-hydrogen) atoms. The molecule has 3 rings (SSSR count). The summed E-state index contributed by atoms with van der Waals surface area (Å²) >= 11 is 0. The molecule has 0 aromatic carbocycles. The fourth-order valence-corrected chi connectivity index (χ4v) is 3.44. The number of aliphatic hydroxyl groups is 2. The van der Waals surface area contributed by atoms with E-state index in [1.54, 1.807) is 13.0 Å². The minimum atomic E-state index is -1.98. The first-order valence-corrected chi connectivity index (χ1v) is 10.4. The van der Waals surface area contributed by atoms with Gasteiger partial charge in [-0.15, -0.1) is 0 Å². The monoisotopic (exact) mass is 445 g/mol. The van der Waals surface area contributed by atoms with Gasteiger partial charge in [0.15, 0.2) is 5.82 Å². The zero-order valence-corrected chi connectivity index (χ0v) is 18.3. The maximum Gasteiger partial charge on any atom is 0.305 e. The quantitative estimate of drug-likeness (QED) is 0.523. The molecule has 0 unspecified atom stereocenters. The number of esters is 1. The average Bonchev–Trinajstić information content (AvgIpc) is 3.32. The van der Waals surface area contributed by atoms with Gasteiger partial charge in [0, 0.05) is 12.3 Å². The van der Waals surface area contributed by atoms with Crippen molar-refractivity contribution in [3.8, 4) is 6.07 Å². The molecule has 0 saturated carbocycles. The Balaban J connectivity index is 1.95. The van der Waals surface area contributed by atoms with E-state index in [0.717, 1.165) is 0 Å². The lowest BCUT2D eigenvalue weighted by Crippen LogP contribution is -2.41. The molecule has 1 fully saturated rings. The number of aromatic nitrogens is 3. The third-order valence-corrected chi connectivity index (χ3v) is 5.81. The highest BCUT2D eigenvalue weighted by molar-refractivity contribution is 5.95. The molecule has 0 bridgehead atoms. The topological polar surface area (TPSA) is 159 Å². The van der Waals surface area contributed by atoms with Gasteiger partial charge in [-0.2, -0.15) is 10.4 Å². The summed E-state index contributed by atoms with van der Waals surface area (Å²) in [5.74, 6) is -0.616. The third kappa shape index (κ3) is 4.04. The van der Waals surface area contributed by atoms with Crippen LogP contribution in [-0.2, 0) is 24.7 Å². The van der Waals surface area contributed by atoms with Crippen molar-refractivity contribution in [3.05, 3.63) is 24.2 Å². The lowest BCUT2D eigenvalue weighted by molar-refractivity contribution is -0.150. The van der Waals surface area contributed by atoms with Crippen LogP contribution in [0.1, 0.15) is 39.8 Å². The molecule has 1 aliphatic heterocycles. The van der Waals surface area contributed by atoms with Crippen LogP contribution in [0.4, 0.5) is 5.82 Å². The maximum absolute atomic E-state index is 12.5. The van der Waals surface area contributed by atoms with E-state index in [1.165, 1.54) is 16.9 Å². The normalized spacial score (nSPS) is 26.1. The Morgan fingerprint density at radius 3 is 2.72 bits per heavy atom. The molecular formula is C21H27N5O6. The van der Waals surface area contributed by atoms with E-state index in [0.29, 0.717) is 5.52 Å². The highest BCUT2D eigenvalue weighted by Gasteiger charge is 2.57. The van der Waals surface area contributed by atoms with Gasteiger partial charge in [0.2, 0.25) is 11.5 Å². The van der Waals surface area contributed by atoms with E-state index in [4.69, 9.17) is 9.47 Å². The molecule has 1 saturated heterocycles. The molecule has 11 nitrogen and oxygen atoms in total. The molecule has 0 aliphatic carbocycles. The minimum Gasteiger partial charge on any atom is -0.463 e. The van der Waals surface area contributed by atoms with Gasteiger partial charge in [-0.3, -0.25) is 9.59 Å². The Bertz CT molecular complexity index is 1050. The summed E-state index contributed by atoms with van der Waals surface area (Å²) in [6.45, 7) is 6.98. The van der Waals surface area contributed by atoms with Gasteiger partial charge in [-0.05, 0) is 18.1 Å². The molecule has 2 aromatic rings. The second kappa shape index (κ2) is 9.20. The molecule has 0 spiro atoms. The highest BCUT2D eigenvalue weighted by atomic mass is 16.6. The van der Waals surface area contributed by atoms with Crippen LogP contribution in [0.3, 0.4) is 0 Å². The van der Waals surface area contributed by atoms with E-state index < -0.39 is 29.9 Å². The van der Waals surface area contributed by atoms with Crippen LogP contribution in [0, 0.1) is 23.2 Å². The molecule has 0 radical (unpaired) electrons. The van der Waals surface area contributed by atoms with E-state index in [-0.39, 0.29) is 42.3 Å². The van der Waals surface area contributed by atoms with Crippen LogP contribution in [0.5, 0.6) is 0 Å². The number of ether oxygens (including phenoxy) is 2. The van der Waals surface area contributed by atoms with Gasteiger partial charge in [0.1, 0.15) is 42.8 Å². The predicted octanol–water partition coefficient (Wildman–Crippen LogP) is 0.753. The summed E-state index contributed by atoms with van der Waals surface area (Å²) in [5, 5.41) is 38.0. The summed E-state index contributed by atoms with van der Waals surface area (Å²) in [4.78, 5) is 28.1. The largest absolute Gasteiger partial charge is 0.463 e. The Morgan fingerprint density at radius 2 is 2.09 bits per heavy atom. The zero-order chi connectivity index (χ0) is 23.6. The standard InChI is InChI=1S/C21H27N5O6/c1-5-16(27)31-8-14-17(28)18(29)21(9-22,32-14)15-7-6-13-19(23-10-24-26(13)15)25-20(30)12(4)11(2)3/h6-7,10-12,14,17-18,28-29H,5,8H2,1-4H3,(H,23,24,25,30)/t12-,14+,17+,18+,21-/m0/s1. The number of carbonyl (C=O) groups is 2. The van der Waals surface area contributed by atoms with Gasteiger partial charge in [0.25, 0.3) is 0 Å². The van der Waals surface area contributed by atoms with Gasteiger partial charge in [-0.25, -0.2) is 9.50 Å². The van der Waals surface area contributed by atoms with Crippen LogP contribution in [0.15, 0.2) is 18.5 Å². The number of rotatable bonds is 7. The average molecular weight is 445 g/mol. The second-order valence-corrected chi connectivity index (χ2v) is 8.12. The zero-order valence-electron chi connectivity index (χ0n) is 18.3. The van der Waals surface area contributed by atoms with Crippen molar-refractivity contribution in [1.82, 2.24) is 14.6 Å². The summed E-state index contributed by atoms with van der Waals surface area (Å²) < 4.78 is 12.1. The summed E-state index contributed by atoms with van der Waals surface area (Å²) in [5.41, 5.74) is -1.45. The highest BCUT2D eigenvalue weighted by Crippen LogP contribution is 2.40. The van der Waals surface area contributed by atoms with E-state index in [1.807, 2.05) is 26.8 Å². The lowest BCUT2D eigenvalue weighted by Gasteiger charge is -2.24. The SMILES string of the molecule is CCC(=O)OC[C@H]1O[C@@](C#N)(c2ccc3c(NC(=O)[C@@H](C)C(C)C)ncnn23)[C@H](O)[C@@H]1O. The summed E-state index contributed by atoms with van der Waals surface area (Å²) in [6, 6.07) is 5.02.